The lowest BCUT2D eigenvalue weighted by atomic mass is 10.1. The van der Waals surface area contributed by atoms with Crippen molar-refractivity contribution in [2.24, 2.45) is 0 Å². The van der Waals surface area contributed by atoms with E-state index in [9.17, 15) is 13.2 Å². The molecule has 2 aliphatic heterocycles. The van der Waals surface area contributed by atoms with Crippen molar-refractivity contribution in [3.8, 4) is 0 Å². The van der Waals surface area contributed by atoms with Crippen LogP contribution in [0.25, 0.3) is 5.70 Å². The first-order chi connectivity index (χ1) is 13.0. The molecule has 2 aliphatic rings. The van der Waals surface area contributed by atoms with E-state index in [1.807, 2.05) is 24.0 Å². The van der Waals surface area contributed by atoms with Gasteiger partial charge in [0.1, 0.15) is 0 Å². The number of amides is 1. The first-order valence-electron chi connectivity index (χ1n) is 8.78. The number of morpholine rings is 1. The average molecular weight is 384 g/mol. The van der Waals surface area contributed by atoms with Crippen molar-refractivity contribution in [1.82, 2.24) is 4.90 Å². The standard InChI is InChI=1S/C20H20N2O4S/c1-14-6-8-15(9-7-14)21-20(23)19-18(22-10-12-26-13-11-22)16-4-2-3-5-17(16)27(19,24)25/h2-9H,10-13H2,1H3,(H,21,23). The summed E-state index contributed by atoms with van der Waals surface area (Å²) in [6.07, 6.45) is 0. The Morgan fingerprint density at radius 1 is 1.04 bits per heavy atom. The number of carbonyl (C=O) groups is 1. The number of fused-ring (bicyclic) bond motifs is 1. The van der Waals surface area contributed by atoms with Crippen molar-refractivity contribution in [3.63, 3.8) is 0 Å². The van der Waals surface area contributed by atoms with E-state index in [1.54, 1.807) is 36.4 Å². The van der Waals surface area contributed by atoms with Crippen LogP contribution in [0.15, 0.2) is 58.3 Å². The van der Waals surface area contributed by atoms with E-state index in [0.29, 0.717) is 43.3 Å². The van der Waals surface area contributed by atoms with E-state index in [4.69, 9.17) is 4.74 Å². The van der Waals surface area contributed by atoms with Gasteiger partial charge in [0, 0.05) is 24.3 Å². The Bertz CT molecular complexity index is 1020. The van der Waals surface area contributed by atoms with Crippen LogP contribution in [0.3, 0.4) is 0 Å². The number of sulfone groups is 1. The molecule has 4 rings (SSSR count). The van der Waals surface area contributed by atoms with Crippen LogP contribution in [0, 0.1) is 6.92 Å². The van der Waals surface area contributed by atoms with E-state index in [-0.39, 0.29) is 9.80 Å². The van der Waals surface area contributed by atoms with E-state index < -0.39 is 15.7 Å². The topological polar surface area (TPSA) is 75.7 Å². The fourth-order valence-electron chi connectivity index (χ4n) is 3.41. The predicted octanol–water partition coefficient (Wildman–Crippen LogP) is 2.42. The number of nitrogens with one attached hydrogen (secondary N) is 1. The second kappa shape index (κ2) is 6.83. The summed E-state index contributed by atoms with van der Waals surface area (Å²) in [4.78, 5) is 15.0. The molecule has 0 radical (unpaired) electrons. The molecule has 0 atom stereocenters. The Morgan fingerprint density at radius 3 is 2.41 bits per heavy atom. The molecule has 1 saturated heterocycles. The molecule has 0 bridgehead atoms. The fourth-order valence-corrected chi connectivity index (χ4v) is 5.13. The van der Waals surface area contributed by atoms with Crippen LogP contribution in [0.5, 0.6) is 0 Å². The Morgan fingerprint density at radius 2 is 1.70 bits per heavy atom. The van der Waals surface area contributed by atoms with Crippen LogP contribution in [0.2, 0.25) is 0 Å². The summed E-state index contributed by atoms with van der Waals surface area (Å²) in [5, 5.41) is 2.74. The molecule has 7 heteroatoms. The van der Waals surface area contributed by atoms with Crippen molar-refractivity contribution in [1.29, 1.82) is 0 Å². The maximum absolute atomic E-state index is 13.1. The lowest BCUT2D eigenvalue weighted by Crippen LogP contribution is -2.36. The third kappa shape index (κ3) is 3.13. The number of ether oxygens (including phenoxy) is 1. The number of hydrogen-bond acceptors (Lipinski definition) is 5. The highest BCUT2D eigenvalue weighted by Gasteiger charge is 2.42. The summed E-state index contributed by atoms with van der Waals surface area (Å²) in [5.41, 5.74) is 2.67. The Kier molecular flexibility index (Phi) is 4.49. The highest BCUT2D eigenvalue weighted by Crippen LogP contribution is 2.41. The van der Waals surface area contributed by atoms with Crippen molar-refractivity contribution in [2.75, 3.05) is 31.6 Å². The molecule has 27 heavy (non-hydrogen) atoms. The molecule has 0 unspecified atom stereocenters. The summed E-state index contributed by atoms with van der Waals surface area (Å²) in [7, 11) is -3.89. The van der Waals surface area contributed by atoms with Gasteiger partial charge in [-0.1, -0.05) is 35.9 Å². The highest BCUT2D eigenvalue weighted by molar-refractivity contribution is 7.97. The van der Waals surface area contributed by atoms with Crippen molar-refractivity contribution in [2.45, 2.75) is 11.8 Å². The van der Waals surface area contributed by atoms with Gasteiger partial charge in [0.25, 0.3) is 5.91 Å². The maximum atomic E-state index is 13.1. The van der Waals surface area contributed by atoms with Gasteiger partial charge in [-0.3, -0.25) is 4.79 Å². The van der Waals surface area contributed by atoms with Crippen LogP contribution < -0.4 is 5.32 Å². The van der Waals surface area contributed by atoms with Crippen molar-refractivity contribution < 1.29 is 17.9 Å². The van der Waals surface area contributed by atoms with Gasteiger partial charge in [-0.05, 0) is 25.1 Å². The fraction of sp³-hybridized carbons (Fsp3) is 0.250. The summed E-state index contributed by atoms with van der Waals surface area (Å²) in [6.45, 7) is 4.03. The van der Waals surface area contributed by atoms with Gasteiger partial charge in [-0.25, -0.2) is 8.42 Å². The lowest BCUT2D eigenvalue weighted by molar-refractivity contribution is -0.112. The van der Waals surface area contributed by atoms with Crippen molar-refractivity contribution in [3.05, 3.63) is 64.6 Å². The Labute approximate surface area is 158 Å². The summed E-state index contributed by atoms with van der Waals surface area (Å²) in [6, 6.07) is 14.0. The number of rotatable bonds is 3. The predicted molar refractivity (Wildman–Crippen MR) is 103 cm³/mol. The molecule has 2 aromatic carbocycles. The van der Waals surface area contributed by atoms with Gasteiger partial charge in [0.15, 0.2) is 4.91 Å². The number of benzene rings is 2. The molecular formula is C20H20N2O4S. The first kappa shape index (κ1) is 17.8. The molecule has 6 nitrogen and oxygen atoms in total. The van der Waals surface area contributed by atoms with Gasteiger partial charge in [-0.2, -0.15) is 0 Å². The minimum atomic E-state index is -3.89. The zero-order valence-corrected chi connectivity index (χ0v) is 15.8. The number of hydrogen-bond donors (Lipinski definition) is 1. The van der Waals surface area contributed by atoms with Crippen molar-refractivity contribution >= 4 is 27.1 Å². The molecule has 1 fully saturated rings. The molecule has 0 aliphatic carbocycles. The van der Waals surface area contributed by atoms with E-state index in [0.717, 1.165) is 5.56 Å². The monoisotopic (exact) mass is 384 g/mol. The van der Waals surface area contributed by atoms with Crippen LogP contribution in [0.4, 0.5) is 5.69 Å². The zero-order chi connectivity index (χ0) is 19.0. The molecule has 0 spiro atoms. The zero-order valence-electron chi connectivity index (χ0n) is 14.9. The van der Waals surface area contributed by atoms with Crippen LogP contribution >= 0.6 is 0 Å². The molecule has 0 aromatic heterocycles. The number of carbonyl (C=O) groups excluding carboxylic acids is 1. The second-order valence-corrected chi connectivity index (χ2v) is 8.45. The van der Waals surface area contributed by atoms with Gasteiger partial charge in [0.2, 0.25) is 9.84 Å². The van der Waals surface area contributed by atoms with E-state index in [2.05, 4.69) is 5.32 Å². The SMILES string of the molecule is Cc1ccc(NC(=O)C2=C(N3CCOCC3)c3ccccc3S2(=O)=O)cc1. The van der Waals surface area contributed by atoms with E-state index >= 15 is 0 Å². The molecular weight excluding hydrogens is 364 g/mol. The largest absolute Gasteiger partial charge is 0.378 e. The molecule has 1 amide bonds. The van der Waals surface area contributed by atoms with E-state index in [1.165, 1.54) is 0 Å². The summed E-state index contributed by atoms with van der Waals surface area (Å²) < 4.78 is 31.7. The van der Waals surface area contributed by atoms with Crippen LogP contribution in [-0.2, 0) is 19.4 Å². The number of anilines is 1. The van der Waals surface area contributed by atoms with Crippen LogP contribution in [0.1, 0.15) is 11.1 Å². The number of nitrogens with zero attached hydrogens (tertiary/aromatic N) is 1. The Balaban J connectivity index is 1.80. The molecule has 140 valence electrons. The highest BCUT2D eigenvalue weighted by atomic mass is 32.2. The van der Waals surface area contributed by atoms with Gasteiger partial charge in [-0.15, -0.1) is 0 Å². The third-order valence-electron chi connectivity index (χ3n) is 4.76. The molecule has 2 aromatic rings. The second-order valence-electron chi connectivity index (χ2n) is 6.60. The first-order valence-corrected chi connectivity index (χ1v) is 10.3. The van der Waals surface area contributed by atoms with Gasteiger partial charge in [0.05, 0.1) is 23.8 Å². The molecule has 2 heterocycles. The summed E-state index contributed by atoms with van der Waals surface area (Å²) >= 11 is 0. The van der Waals surface area contributed by atoms with Crippen LogP contribution in [-0.4, -0.2) is 45.5 Å². The number of aryl methyl sites for hydroxylation is 1. The third-order valence-corrected chi connectivity index (χ3v) is 6.61. The quantitative estimate of drug-likeness (QED) is 0.880. The summed E-state index contributed by atoms with van der Waals surface area (Å²) in [5.74, 6) is -0.614. The molecule has 0 saturated carbocycles. The molecule has 1 N–H and O–H groups in total. The average Bonchev–Trinajstić information content (AvgIpc) is 2.92. The van der Waals surface area contributed by atoms with Gasteiger partial charge < -0.3 is 15.0 Å². The van der Waals surface area contributed by atoms with Gasteiger partial charge >= 0.3 is 0 Å². The minimum absolute atomic E-state index is 0.181. The maximum Gasteiger partial charge on any atom is 0.269 e. The Hall–Kier alpha value is -2.64. The minimum Gasteiger partial charge on any atom is -0.378 e. The smallest absolute Gasteiger partial charge is 0.269 e. The lowest BCUT2D eigenvalue weighted by Gasteiger charge is -2.30. The normalized spacial score (nSPS) is 18.3.